The van der Waals surface area contributed by atoms with Crippen molar-refractivity contribution in [2.24, 2.45) is 0 Å². The number of ether oxygens (including phenoxy) is 1. The van der Waals surface area contributed by atoms with E-state index in [2.05, 4.69) is 37.0 Å². The summed E-state index contributed by atoms with van der Waals surface area (Å²) in [5, 5.41) is 0.794. The molecule has 0 radical (unpaired) electrons. The van der Waals surface area contributed by atoms with Gasteiger partial charge in [-0.1, -0.05) is 29.5 Å². The minimum absolute atomic E-state index is 0.0859. The fraction of sp³-hybridized carbons (Fsp3) is 0.375. The second kappa shape index (κ2) is 6.80. The van der Waals surface area contributed by atoms with Gasteiger partial charge in [0.1, 0.15) is 0 Å². The van der Waals surface area contributed by atoms with Gasteiger partial charge in [0.05, 0.1) is 17.5 Å². The van der Waals surface area contributed by atoms with Crippen molar-refractivity contribution in [1.82, 2.24) is 9.55 Å². The van der Waals surface area contributed by atoms with Crippen LogP contribution in [0.1, 0.15) is 25.0 Å². The lowest BCUT2D eigenvalue weighted by Gasteiger charge is -2.11. The van der Waals surface area contributed by atoms with Gasteiger partial charge in [0.25, 0.3) is 0 Å². The van der Waals surface area contributed by atoms with E-state index in [1.165, 1.54) is 22.9 Å². The molecule has 0 amide bonds. The number of thioether (sulfide) groups is 1. The van der Waals surface area contributed by atoms with Gasteiger partial charge in [-0.2, -0.15) is 0 Å². The molecule has 0 saturated carbocycles. The quantitative estimate of drug-likeness (QED) is 0.626. The normalized spacial score (nSPS) is 10.9. The molecule has 4 nitrogen and oxygen atoms in total. The van der Waals surface area contributed by atoms with Crippen molar-refractivity contribution in [3.63, 3.8) is 0 Å². The van der Waals surface area contributed by atoms with Gasteiger partial charge in [-0.05, 0) is 39.3 Å². The van der Waals surface area contributed by atoms with E-state index >= 15 is 0 Å². The zero-order chi connectivity index (χ0) is 15.4. The number of carbonyl (C=O) groups excluding carboxylic acids is 1. The van der Waals surface area contributed by atoms with E-state index in [4.69, 9.17) is 4.74 Å². The highest BCUT2D eigenvalue weighted by molar-refractivity contribution is 7.99. The van der Waals surface area contributed by atoms with Crippen LogP contribution in [-0.4, -0.2) is 27.4 Å². The molecule has 0 bridgehead atoms. The number of hydrogen-bond donors (Lipinski definition) is 0. The zero-order valence-electron chi connectivity index (χ0n) is 12.8. The zero-order valence-corrected chi connectivity index (χ0v) is 13.6. The smallest absolute Gasteiger partial charge is 0.316 e. The molecule has 0 fully saturated rings. The predicted octanol–water partition coefficient (Wildman–Crippen LogP) is 3.53. The third-order valence-electron chi connectivity index (χ3n) is 2.90. The molecule has 21 heavy (non-hydrogen) atoms. The van der Waals surface area contributed by atoms with E-state index in [0.717, 1.165) is 10.8 Å². The first kappa shape index (κ1) is 15.6. The highest BCUT2D eigenvalue weighted by Gasteiger charge is 2.12. The molecule has 0 aliphatic heterocycles. The van der Waals surface area contributed by atoms with E-state index in [-0.39, 0.29) is 17.8 Å². The maximum Gasteiger partial charge on any atom is 0.316 e. The summed E-state index contributed by atoms with van der Waals surface area (Å²) in [6, 6.07) is 6.28. The van der Waals surface area contributed by atoms with Crippen LogP contribution < -0.4 is 0 Å². The Morgan fingerprint density at radius 3 is 2.81 bits per heavy atom. The maximum atomic E-state index is 11.6. The summed E-state index contributed by atoms with van der Waals surface area (Å²) in [5.41, 5.74) is 3.49. The Bertz CT molecular complexity index is 635. The van der Waals surface area contributed by atoms with Crippen LogP contribution in [0.25, 0.3) is 5.69 Å². The van der Waals surface area contributed by atoms with Crippen LogP contribution >= 0.6 is 11.8 Å². The molecular weight excluding hydrogens is 284 g/mol. The number of aromatic nitrogens is 2. The van der Waals surface area contributed by atoms with E-state index in [9.17, 15) is 4.79 Å². The molecule has 0 unspecified atom stereocenters. The van der Waals surface area contributed by atoms with Gasteiger partial charge in [0.2, 0.25) is 0 Å². The topological polar surface area (TPSA) is 44.1 Å². The average molecular weight is 304 g/mol. The monoisotopic (exact) mass is 304 g/mol. The van der Waals surface area contributed by atoms with Crippen LogP contribution in [0, 0.1) is 13.8 Å². The molecule has 2 rings (SSSR count). The Kier molecular flexibility index (Phi) is 5.07. The van der Waals surface area contributed by atoms with E-state index in [1.807, 2.05) is 24.6 Å². The highest BCUT2D eigenvalue weighted by atomic mass is 32.2. The molecule has 0 spiro atoms. The van der Waals surface area contributed by atoms with Crippen LogP contribution in [0.15, 0.2) is 35.7 Å². The summed E-state index contributed by atoms with van der Waals surface area (Å²) in [7, 11) is 0. The lowest BCUT2D eigenvalue weighted by atomic mass is 10.1. The fourth-order valence-corrected chi connectivity index (χ4v) is 2.82. The van der Waals surface area contributed by atoms with Crippen molar-refractivity contribution in [2.75, 3.05) is 5.75 Å². The summed E-state index contributed by atoms with van der Waals surface area (Å²) < 4.78 is 7.14. The summed E-state index contributed by atoms with van der Waals surface area (Å²) in [6.45, 7) is 7.84. The van der Waals surface area contributed by atoms with Crippen molar-refractivity contribution in [1.29, 1.82) is 0 Å². The average Bonchev–Trinajstić information content (AvgIpc) is 2.83. The first-order valence-corrected chi connectivity index (χ1v) is 7.89. The van der Waals surface area contributed by atoms with E-state index in [1.54, 1.807) is 6.20 Å². The van der Waals surface area contributed by atoms with Gasteiger partial charge in [-0.3, -0.25) is 9.36 Å². The number of esters is 1. The van der Waals surface area contributed by atoms with Gasteiger partial charge < -0.3 is 4.74 Å². The van der Waals surface area contributed by atoms with Crippen LogP contribution in [0.3, 0.4) is 0 Å². The number of carbonyl (C=O) groups is 1. The van der Waals surface area contributed by atoms with Crippen LogP contribution in [-0.2, 0) is 9.53 Å². The minimum atomic E-state index is -0.217. The third-order valence-corrected chi connectivity index (χ3v) is 3.85. The van der Waals surface area contributed by atoms with Crippen molar-refractivity contribution in [3.05, 3.63) is 41.7 Å². The molecule has 5 heteroatoms. The summed E-state index contributed by atoms with van der Waals surface area (Å²) in [5.74, 6) is 0.0466. The second-order valence-corrected chi connectivity index (χ2v) is 6.14. The van der Waals surface area contributed by atoms with Gasteiger partial charge in [0, 0.05) is 12.4 Å². The SMILES string of the molecule is Cc1ccc(-n2ccnc2SCC(=O)OC(C)C)c(C)c1. The first-order chi connectivity index (χ1) is 9.97. The van der Waals surface area contributed by atoms with Crippen molar-refractivity contribution in [3.8, 4) is 5.69 Å². The van der Waals surface area contributed by atoms with Crippen molar-refractivity contribution >= 4 is 17.7 Å². The predicted molar refractivity (Wildman–Crippen MR) is 85.0 cm³/mol. The van der Waals surface area contributed by atoms with Crippen LogP contribution in [0.2, 0.25) is 0 Å². The minimum Gasteiger partial charge on any atom is -0.462 e. The Morgan fingerprint density at radius 2 is 2.14 bits per heavy atom. The van der Waals surface area contributed by atoms with E-state index in [0.29, 0.717) is 0 Å². The number of benzene rings is 1. The molecule has 0 N–H and O–H groups in total. The molecular formula is C16H20N2O2S. The summed E-state index contributed by atoms with van der Waals surface area (Å²) in [6.07, 6.45) is 3.57. The highest BCUT2D eigenvalue weighted by Crippen LogP contribution is 2.23. The van der Waals surface area contributed by atoms with Crippen LogP contribution in [0.5, 0.6) is 0 Å². The number of rotatable bonds is 5. The van der Waals surface area contributed by atoms with Gasteiger partial charge in [0.15, 0.2) is 5.16 Å². The lowest BCUT2D eigenvalue weighted by Crippen LogP contribution is -2.13. The first-order valence-electron chi connectivity index (χ1n) is 6.90. The lowest BCUT2D eigenvalue weighted by molar-refractivity contribution is -0.144. The third kappa shape index (κ3) is 4.11. The molecule has 0 aliphatic rings. The molecule has 112 valence electrons. The number of nitrogens with zero attached hydrogens (tertiary/aromatic N) is 2. The number of imidazole rings is 1. The Morgan fingerprint density at radius 1 is 1.38 bits per heavy atom. The number of aryl methyl sites for hydroxylation is 2. The molecule has 0 aliphatic carbocycles. The largest absolute Gasteiger partial charge is 0.462 e. The van der Waals surface area contributed by atoms with Crippen molar-refractivity contribution < 1.29 is 9.53 Å². The Balaban J connectivity index is 2.13. The number of hydrogen-bond acceptors (Lipinski definition) is 4. The fourth-order valence-electron chi connectivity index (χ4n) is 2.08. The standard InChI is InChI=1S/C16H20N2O2S/c1-11(2)20-15(19)10-21-16-17-7-8-18(16)14-6-5-12(3)9-13(14)4/h5-9,11H,10H2,1-4H3. The van der Waals surface area contributed by atoms with Gasteiger partial charge >= 0.3 is 5.97 Å². The molecule has 0 atom stereocenters. The van der Waals surface area contributed by atoms with Gasteiger partial charge in [-0.25, -0.2) is 4.98 Å². The molecule has 0 saturated heterocycles. The van der Waals surface area contributed by atoms with Crippen molar-refractivity contribution in [2.45, 2.75) is 39.0 Å². The summed E-state index contributed by atoms with van der Waals surface area (Å²) in [4.78, 5) is 16.0. The summed E-state index contributed by atoms with van der Waals surface area (Å²) >= 11 is 1.39. The Labute approximate surface area is 129 Å². The van der Waals surface area contributed by atoms with Crippen LogP contribution in [0.4, 0.5) is 0 Å². The maximum absolute atomic E-state index is 11.6. The molecule has 1 aromatic carbocycles. The molecule has 1 heterocycles. The molecule has 2 aromatic rings. The van der Waals surface area contributed by atoms with Gasteiger partial charge in [-0.15, -0.1) is 0 Å². The van der Waals surface area contributed by atoms with E-state index < -0.39 is 0 Å². The molecule has 1 aromatic heterocycles. The second-order valence-electron chi connectivity index (χ2n) is 5.20. The Hall–Kier alpha value is -1.75.